The number of hydrogen-bond donors (Lipinski definition) is 1. The average Bonchev–Trinajstić information content (AvgIpc) is 3.16. The fraction of sp³-hybridized carbons (Fsp3) is 0.600. The maximum Gasteiger partial charge on any atom is 0.220 e. The van der Waals surface area contributed by atoms with Crippen molar-refractivity contribution < 1.29 is 4.79 Å². The van der Waals surface area contributed by atoms with Gasteiger partial charge in [0.15, 0.2) is 0 Å². The highest BCUT2D eigenvalue weighted by Crippen LogP contribution is 2.31. The quantitative estimate of drug-likeness (QED) is 0.876. The van der Waals surface area contributed by atoms with Crippen molar-refractivity contribution in [2.45, 2.75) is 32.1 Å². The van der Waals surface area contributed by atoms with E-state index in [1.807, 2.05) is 6.20 Å². The molecule has 0 spiro atoms. The summed E-state index contributed by atoms with van der Waals surface area (Å²) < 4.78 is 1.32. The van der Waals surface area contributed by atoms with Crippen molar-refractivity contribution in [1.82, 2.24) is 9.88 Å². The number of pyridine rings is 1. The van der Waals surface area contributed by atoms with E-state index in [2.05, 4.69) is 32.3 Å². The Hall–Kier alpha value is -1.66. The molecule has 1 saturated heterocycles. The van der Waals surface area contributed by atoms with Crippen LogP contribution in [0, 0.1) is 11.8 Å². The summed E-state index contributed by atoms with van der Waals surface area (Å²) in [4.78, 5) is 21.0. The Labute approximate surface area is 159 Å². The van der Waals surface area contributed by atoms with Crippen LogP contribution in [-0.2, 0) is 4.79 Å². The lowest BCUT2D eigenvalue weighted by molar-refractivity contribution is -0.123. The minimum atomic E-state index is -0.103. The Morgan fingerprint density at radius 2 is 1.92 bits per heavy atom. The maximum atomic E-state index is 11.3. The molecule has 1 aliphatic heterocycles. The summed E-state index contributed by atoms with van der Waals surface area (Å²) in [5.74, 6) is 1.94. The molecule has 26 heavy (non-hydrogen) atoms. The first-order valence-corrected chi connectivity index (χ1v) is 10.7. The van der Waals surface area contributed by atoms with Gasteiger partial charge in [0.25, 0.3) is 0 Å². The molecule has 4 rings (SSSR count). The zero-order valence-corrected chi connectivity index (χ0v) is 16.1. The Bertz CT molecular complexity index is 745. The number of carbonyl (C=O) groups is 1. The molecule has 3 heterocycles. The van der Waals surface area contributed by atoms with Crippen molar-refractivity contribution in [3.8, 4) is 0 Å². The van der Waals surface area contributed by atoms with E-state index in [0.717, 1.165) is 63.6 Å². The van der Waals surface area contributed by atoms with Crippen LogP contribution in [0.25, 0.3) is 10.1 Å². The van der Waals surface area contributed by atoms with Crippen LogP contribution >= 0.6 is 11.3 Å². The van der Waals surface area contributed by atoms with E-state index in [1.54, 1.807) is 11.3 Å². The number of rotatable bonds is 5. The third kappa shape index (κ3) is 3.86. The van der Waals surface area contributed by atoms with E-state index in [4.69, 9.17) is 5.73 Å². The summed E-state index contributed by atoms with van der Waals surface area (Å²) in [6.45, 7) is 5.50. The third-order valence-electron chi connectivity index (χ3n) is 6.13. The molecule has 5 nitrogen and oxygen atoms in total. The fourth-order valence-electron chi connectivity index (χ4n) is 4.42. The number of amides is 1. The van der Waals surface area contributed by atoms with Gasteiger partial charge in [-0.05, 0) is 62.1 Å². The first-order valence-electron chi connectivity index (χ1n) is 9.79. The predicted octanol–water partition coefficient (Wildman–Crippen LogP) is 3.10. The molecule has 140 valence electrons. The van der Waals surface area contributed by atoms with Crippen molar-refractivity contribution in [3.63, 3.8) is 0 Å². The summed E-state index contributed by atoms with van der Waals surface area (Å²) in [6.07, 6.45) is 7.50. The number of nitrogens with two attached hydrogens (primary N) is 1. The normalized spacial score (nSPS) is 24.8. The number of carbonyl (C=O) groups excluding carboxylic acids is 1. The van der Waals surface area contributed by atoms with Gasteiger partial charge >= 0.3 is 0 Å². The molecule has 2 N–H and O–H groups in total. The number of nitrogens with zero attached hydrogens (tertiary/aromatic N) is 3. The fourth-order valence-corrected chi connectivity index (χ4v) is 5.19. The van der Waals surface area contributed by atoms with Crippen LogP contribution in [0.15, 0.2) is 23.7 Å². The molecule has 0 bridgehead atoms. The number of primary amides is 1. The molecule has 1 amide bonds. The highest BCUT2D eigenvalue weighted by Gasteiger charge is 2.26. The number of thiophene rings is 1. The van der Waals surface area contributed by atoms with Crippen LogP contribution in [0.5, 0.6) is 0 Å². The van der Waals surface area contributed by atoms with Gasteiger partial charge in [-0.1, -0.05) is 0 Å². The van der Waals surface area contributed by atoms with Gasteiger partial charge in [-0.15, -0.1) is 11.3 Å². The number of hydrogen-bond acceptors (Lipinski definition) is 5. The molecule has 0 aromatic carbocycles. The highest BCUT2D eigenvalue weighted by atomic mass is 32.1. The van der Waals surface area contributed by atoms with Crippen LogP contribution in [0.3, 0.4) is 0 Å². The molecule has 1 aliphatic carbocycles. The minimum Gasteiger partial charge on any atom is -0.369 e. The molecule has 2 aromatic heterocycles. The largest absolute Gasteiger partial charge is 0.369 e. The number of anilines is 1. The number of aromatic nitrogens is 1. The zero-order chi connectivity index (χ0) is 17.9. The van der Waals surface area contributed by atoms with Gasteiger partial charge in [-0.2, -0.15) is 0 Å². The lowest BCUT2D eigenvalue weighted by atomic mass is 9.80. The first-order chi connectivity index (χ1) is 12.7. The topological polar surface area (TPSA) is 62.5 Å². The van der Waals surface area contributed by atoms with Crippen LogP contribution in [0.4, 0.5) is 5.82 Å². The SMILES string of the molecule is NC(=O)[C@H]1CC[C@H](CCN2CCN(c3nccc4sccc34)CC2)CC1. The van der Waals surface area contributed by atoms with Gasteiger partial charge in [0.05, 0.1) is 0 Å². The summed E-state index contributed by atoms with van der Waals surface area (Å²) in [5, 5.41) is 3.44. The van der Waals surface area contributed by atoms with Crippen molar-refractivity contribution in [2.75, 3.05) is 37.6 Å². The van der Waals surface area contributed by atoms with Crippen LogP contribution < -0.4 is 10.6 Å². The van der Waals surface area contributed by atoms with Gasteiger partial charge in [0.1, 0.15) is 5.82 Å². The summed E-state index contributed by atoms with van der Waals surface area (Å²) >= 11 is 1.79. The molecule has 0 unspecified atom stereocenters. The van der Waals surface area contributed by atoms with Crippen LogP contribution in [0.2, 0.25) is 0 Å². The van der Waals surface area contributed by atoms with E-state index in [0.29, 0.717) is 0 Å². The summed E-state index contributed by atoms with van der Waals surface area (Å²) in [7, 11) is 0. The first kappa shape index (κ1) is 17.7. The van der Waals surface area contributed by atoms with Crippen molar-refractivity contribution >= 4 is 33.1 Å². The van der Waals surface area contributed by atoms with E-state index >= 15 is 0 Å². The molecular weight excluding hydrogens is 344 g/mol. The molecule has 0 atom stereocenters. The van der Waals surface area contributed by atoms with E-state index in [9.17, 15) is 4.79 Å². The Balaban J connectivity index is 1.24. The second-order valence-electron chi connectivity index (χ2n) is 7.70. The lowest BCUT2D eigenvalue weighted by Crippen LogP contribution is -2.47. The van der Waals surface area contributed by atoms with Crippen molar-refractivity contribution in [2.24, 2.45) is 17.6 Å². The Morgan fingerprint density at radius 3 is 2.65 bits per heavy atom. The summed E-state index contributed by atoms with van der Waals surface area (Å²) in [6, 6.07) is 4.30. The molecule has 1 saturated carbocycles. The monoisotopic (exact) mass is 372 g/mol. The zero-order valence-electron chi connectivity index (χ0n) is 15.3. The smallest absolute Gasteiger partial charge is 0.220 e. The second-order valence-corrected chi connectivity index (χ2v) is 8.65. The molecule has 6 heteroatoms. The van der Waals surface area contributed by atoms with E-state index < -0.39 is 0 Å². The van der Waals surface area contributed by atoms with Gasteiger partial charge in [-0.25, -0.2) is 4.98 Å². The molecular formula is C20H28N4OS. The third-order valence-corrected chi connectivity index (χ3v) is 7.02. The van der Waals surface area contributed by atoms with Crippen LogP contribution in [-0.4, -0.2) is 48.5 Å². The molecule has 2 aliphatic rings. The Morgan fingerprint density at radius 1 is 1.15 bits per heavy atom. The van der Waals surface area contributed by atoms with Gasteiger partial charge < -0.3 is 10.6 Å². The van der Waals surface area contributed by atoms with Crippen molar-refractivity contribution in [1.29, 1.82) is 0 Å². The summed E-state index contributed by atoms with van der Waals surface area (Å²) in [5.41, 5.74) is 5.44. The van der Waals surface area contributed by atoms with Crippen LogP contribution in [0.1, 0.15) is 32.1 Å². The van der Waals surface area contributed by atoms with Crippen molar-refractivity contribution in [3.05, 3.63) is 23.7 Å². The minimum absolute atomic E-state index is 0.103. The average molecular weight is 373 g/mol. The molecule has 2 aromatic rings. The van der Waals surface area contributed by atoms with E-state index in [1.165, 1.54) is 23.1 Å². The predicted molar refractivity (Wildman–Crippen MR) is 108 cm³/mol. The second kappa shape index (κ2) is 7.92. The Kier molecular flexibility index (Phi) is 5.41. The lowest BCUT2D eigenvalue weighted by Gasteiger charge is -2.36. The molecule has 0 radical (unpaired) electrons. The van der Waals surface area contributed by atoms with Gasteiger partial charge in [0, 0.05) is 48.4 Å². The van der Waals surface area contributed by atoms with Gasteiger partial charge in [0.2, 0.25) is 5.91 Å². The number of piperazine rings is 1. The highest BCUT2D eigenvalue weighted by molar-refractivity contribution is 7.17. The van der Waals surface area contributed by atoms with Gasteiger partial charge in [-0.3, -0.25) is 9.69 Å². The number of fused-ring (bicyclic) bond motifs is 1. The maximum absolute atomic E-state index is 11.3. The van der Waals surface area contributed by atoms with E-state index in [-0.39, 0.29) is 11.8 Å². The standard InChI is InChI=1S/C20H28N4OS/c21-19(25)16-3-1-15(2-4-16)6-9-23-10-12-24(13-11-23)20-17-7-14-26-18(17)5-8-22-20/h5,7-8,14-16H,1-4,6,9-13H2,(H2,21,25)/t15-,16-. The molecule has 2 fully saturated rings.